The van der Waals surface area contributed by atoms with Crippen LogP contribution >= 0.6 is 0 Å². The van der Waals surface area contributed by atoms with E-state index >= 15 is 0 Å². The second-order valence-corrected chi connectivity index (χ2v) is 3.13. The molecule has 61 valence electrons. The molecule has 0 amide bonds. The first kappa shape index (κ1) is 9.91. The van der Waals surface area contributed by atoms with Crippen LogP contribution in [0, 0.1) is 6.92 Å². The quantitative estimate of drug-likeness (QED) is 0.422. The molecule has 0 saturated carbocycles. The second kappa shape index (κ2) is 7.02. The Morgan fingerprint density at radius 1 is 1.30 bits per heavy atom. The van der Waals surface area contributed by atoms with Gasteiger partial charge in [0.2, 0.25) is 0 Å². The van der Waals surface area contributed by atoms with E-state index in [2.05, 4.69) is 12.2 Å². The molecule has 0 aromatic rings. The fourth-order valence-electron chi connectivity index (χ4n) is 0.583. The van der Waals surface area contributed by atoms with Crippen molar-refractivity contribution in [3.63, 3.8) is 0 Å². The molecule has 0 aromatic carbocycles. The minimum atomic E-state index is -2.18. The highest BCUT2D eigenvalue weighted by molar-refractivity contribution is 7.72. The van der Waals surface area contributed by atoms with Gasteiger partial charge in [-0.25, -0.2) is 8.42 Å². The van der Waals surface area contributed by atoms with Gasteiger partial charge in [-0.1, -0.05) is 6.92 Å². The summed E-state index contributed by atoms with van der Waals surface area (Å²) in [5.41, 5.74) is 0. The summed E-state index contributed by atoms with van der Waals surface area (Å²) in [6, 6.07) is 0. The Kier molecular flexibility index (Phi) is 6.96. The topological polar surface area (TPSA) is 46.2 Å². The molecule has 0 aliphatic rings. The van der Waals surface area contributed by atoms with Gasteiger partial charge in [0.25, 0.3) is 0 Å². The van der Waals surface area contributed by atoms with Gasteiger partial charge in [0.15, 0.2) is 0 Å². The molecule has 10 heavy (non-hydrogen) atoms. The molecule has 0 heterocycles. The van der Waals surface area contributed by atoms with Gasteiger partial charge < -0.3 is 5.32 Å². The Hall–Kier alpha value is -0.0900. The van der Waals surface area contributed by atoms with Crippen molar-refractivity contribution in [1.82, 2.24) is 5.32 Å². The third kappa shape index (κ3) is 7.91. The van der Waals surface area contributed by atoms with Crippen LogP contribution in [0.4, 0.5) is 0 Å². The monoisotopic (exact) mass is 164 g/mol. The van der Waals surface area contributed by atoms with Gasteiger partial charge in [-0.2, -0.15) is 0 Å². The maximum absolute atomic E-state index is 10.0. The van der Waals surface area contributed by atoms with Crippen LogP contribution in [0.3, 0.4) is 0 Å². The highest BCUT2D eigenvalue weighted by Gasteiger charge is 1.87. The standard InChI is InChI=1S/C6H14NO2S/c1-2-4-7-5-3-6-10(8)9/h7,10H,1-6H2. The fourth-order valence-corrected chi connectivity index (χ4v) is 0.999. The second-order valence-electron chi connectivity index (χ2n) is 2.01. The molecule has 0 fully saturated rings. The SMILES string of the molecule is [CH2]CCNCCC[SH](=O)=O. The molecule has 0 unspecified atom stereocenters. The Balaban J connectivity index is 2.91. The van der Waals surface area contributed by atoms with Crippen molar-refractivity contribution in [3.05, 3.63) is 6.92 Å². The van der Waals surface area contributed by atoms with Crippen LogP contribution in [0.2, 0.25) is 0 Å². The molecule has 0 atom stereocenters. The van der Waals surface area contributed by atoms with E-state index in [-0.39, 0.29) is 0 Å². The lowest BCUT2D eigenvalue weighted by Crippen LogP contribution is -2.17. The molecule has 3 nitrogen and oxygen atoms in total. The first-order valence-corrected chi connectivity index (χ1v) is 4.75. The zero-order chi connectivity index (χ0) is 7.82. The van der Waals surface area contributed by atoms with E-state index in [0.29, 0.717) is 12.2 Å². The molecule has 4 heteroatoms. The summed E-state index contributed by atoms with van der Waals surface area (Å²) in [5, 5.41) is 3.06. The van der Waals surface area contributed by atoms with Gasteiger partial charge in [-0.05, 0) is 25.9 Å². The average molecular weight is 164 g/mol. The highest BCUT2D eigenvalue weighted by Crippen LogP contribution is 1.77. The number of hydrogen-bond acceptors (Lipinski definition) is 3. The molecular formula is C6H14NO2S. The van der Waals surface area contributed by atoms with E-state index in [9.17, 15) is 8.42 Å². The Morgan fingerprint density at radius 2 is 2.00 bits per heavy atom. The lowest BCUT2D eigenvalue weighted by atomic mass is 10.4. The summed E-state index contributed by atoms with van der Waals surface area (Å²) in [7, 11) is -2.18. The average Bonchev–Trinajstić information content (AvgIpc) is 1.87. The maximum atomic E-state index is 10.0. The van der Waals surface area contributed by atoms with E-state index in [1.165, 1.54) is 0 Å². The Morgan fingerprint density at radius 3 is 2.50 bits per heavy atom. The fraction of sp³-hybridized carbons (Fsp3) is 0.833. The number of thiol groups is 1. The van der Waals surface area contributed by atoms with Crippen molar-refractivity contribution in [3.8, 4) is 0 Å². The van der Waals surface area contributed by atoms with Crippen LogP contribution in [0.15, 0.2) is 0 Å². The number of hydrogen-bond donors (Lipinski definition) is 2. The van der Waals surface area contributed by atoms with Crippen LogP contribution in [0.25, 0.3) is 0 Å². The smallest absolute Gasteiger partial charge is 0.140 e. The van der Waals surface area contributed by atoms with E-state index in [0.717, 1.165) is 19.5 Å². The third-order valence-corrected chi connectivity index (χ3v) is 1.73. The number of rotatable bonds is 6. The molecule has 1 N–H and O–H groups in total. The lowest BCUT2D eigenvalue weighted by Gasteiger charge is -1.97. The van der Waals surface area contributed by atoms with Crippen LogP contribution in [0.5, 0.6) is 0 Å². The van der Waals surface area contributed by atoms with Gasteiger partial charge in [0.1, 0.15) is 10.7 Å². The van der Waals surface area contributed by atoms with E-state index in [1.54, 1.807) is 0 Å². The van der Waals surface area contributed by atoms with Gasteiger partial charge >= 0.3 is 0 Å². The van der Waals surface area contributed by atoms with Crippen molar-refractivity contribution in [1.29, 1.82) is 0 Å². The van der Waals surface area contributed by atoms with Crippen LogP contribution in [-0.2, 0) is 10.7 Å². The van der Waals surface area contributed by atoms with Crippen molar-refractivity contribution in [2.45, 2.75) is 12.8 Å². The molecule has 0 aliphatic heterocycles. The lowest BCUT2D eigenvalue weighted by molar-refractivity contribution is 0.607. The van der Waals surface area contributed by atoms with Crippen LogP contribution < -0.4 is 5.32 Å². The molecule has 0 spiro atoms. The first-order chi connectivity index (χ1) is 4.77. The van der Waals surface area contributed by atoms with Gasteiger partial charge in [0, 0.05) is 5.75 Å². The van der Waals surface area contributed by atoms with E-state index < -0.39 is 10.7 Å². The molecule has 1 radical (unpaired) electrons. The zero-order valence-electron chi connectivity index (χ0n) is 6.01. The van der Waals surface area contributed by atoms with Crippen molar-refractivity contribution >= 4 is 10.7 Å². The highest BCUT2D eigenvalue weighted by atomic mass is 32.2. The van der Waals surface area contributed by atoms with E-state index in [4.69, 9.17) is 0 Å². The molecule has 0 bridgehead atoms. The summed E-state index contributed by atoms with van der Waals surface area (Å²) < 4.78 is 20.1. The predicted octanol–water partition coefficient (Wildman–Crippen LogP) is -0.198. The largest absolute Gasteiger partial charge is 0.317 e. The Bertz CT molecular complexity index is 126. The molecular weight excluding hydrogens is 150 g/mol. The minimum Gasteiger partial charge on any atom is -0.317 e. The summed E-state index contributed by atoms with van der Waals surface area (Å²) in [6.07, 6.45) is 1.56. The molecule has 0 aliphatic carbocycles. The van der Waals surface area contributed by atoms with Crippen molar-refractivity contribution < 1.29 is 8.42 Å². The van der Waals surface area contributed by atoms with Crippen molar-refractivity contribution in [2.75, 3.05) is 18.8 Å². The van der Waals surface area contributed by atoms with E-state index in [1.807, 2.05) is 0 Å². The van der Waals surface area contributed by atoms with Gasteiger partial charge in [0.05, 0.1) is 0 Å². The normalized spacial score (nSPS) is 10.6. The number of nitrogens with one attached hydrogen (secondary N) is 1. The maximum Gasteiger partial charge on any atom is 0.140 e. The summed E-state index contributed by atoms with van der Waals surface area (Å²) in [4.78, 5) is 0. The molecule has 0 saturated heterocycles. The van der Waals surface area contributed by atoms with Gasteiger partial charge in [-0.15, -0.1) is 0 Å². The summed E-state index contributed by atoms with van der Waals surface area (Å²) in [6.45, 7) is 5.28. The first-order valence-electron chi connectivity index (χ1n) is 3.39. The summed E-state index contributed by atoms with van der Waals surface area (Å²) >= 11 is 0. The van der Waals surface area contributed by atoms with Crippen molar-refractivity contribution in [2.24, 2.45) is 0 Å². The zero-order valence-corrected chi connectivity index (χ0v) is 6.90. The molecule has 0 aromatic heterocycles. The minimum absolute atomic E-state index is 0.291. The summed E-state index contributed by atoms with van der Waals surface area (Å²) in [5.74, 6) is 0.291. The Labute approximate surface area is 63.8 Å². The third-order valence-electron chi connectivity index (χ3n) is 1.05. The van der Waals surface area contributed by atoms with Gasteiger partial charge in [-0.3, -0.25) is 0 Å². The van der Waals surface area contributed by atoms with Crippen LogP contribution in [0.1, 0.15) is 12.8 Å². The molecule has 0 rings (SSSR count). The van der Waals surface area contributed by atoms with Crippen LogP contribution in [-0.4, -0.2) is 27.3 Å². The predicted molar refractivity (Wildman–Crippen MR) is 42.6 cm³/mol.